The normalized spacial score (nSPS) is 15.0. The number of hydrogen-bond acceptors (Lipinski definition) is 2. The van der Waals surface area contributed by atoms with Crippen molar-refractivity contribution in [2.75, 3.05) is 11.9 Å². The Morgan fingerprint density at radius 2 is 2.11 bits per heavy atom. The lowest BCUT2D eigenvalue weighted by atomic mass is 9.97. The van der Waals surface area contributed by atoms with E-state index in [1.807, 2.05) is 12.1 Å². The Labute approximate surface area is 108 Å². The monoisotopic (exact) mass is 245 g/mol. The van der Waals surface area contributed by atoms with E-state index in [0.29, 0.717) is 11.3 Å². The van der Waals surface area contributed by atoms with Gasteiger partial charge in [0.1, 0.15) is 0 Å². The number of carboxylic acids is 1. The second-order valence-corrected chi connectivity index (χ2v) is 4.64. The zero-order valence-corrected chi connectivity index (χ0v) is 10.5. The van der Waals surface area contributed by atoms with Crippen molar-refractivity contribution in [3.05, 3.63) is 41.5 Å². The molecule has 0 saturated heterocycles. The van der Waals surface area contributed by atoms with Crippen LogP contribution in [0.1, 0.15) is 42.5 Å². The van der Waals surface area contributed by atoms with E-state index < -0.39 is 5.97 Å². The standard InChI is InChI=1S/C15H19NO2/c17-15(18)13-8-4-5-9-14(13)16-11-10-12-6-2-1-3-7-12/h4-6,8-9,16H,1-3,7,10-11H2,(H,17,18). The molecule has 18 heavy (non-hydrogen) atoms. The molecule has 0 saturated carbocycles. The molecule has 1 aromatic rings. The third-order valence-corrected chi connectivity index (χ3v) is 3.30. The summed E-state index contributed by atoms with van der Waals surface area (Å²) in [6, 6.07) is 7.05. The molecule has 0 fully saturated rings. The number of hydrogen-bond donors (Lipinski definition) is 2. The number of allylic oxidation sites excluding steroid dienone is 1. The first-order chi connectivity index (χ1) is 8.77. The van der Waals surface area contributed by atoms with E-state index in [0.717, 1.165) is 13.0 Å². The molecular weight excluding hydrogens is 226 g/mol. The molecule has 3 nitrogen and oxygen atoms in total. The maximum absolute atomic E-state index is 11.0. The minimum absolute atomic E-state index is 0.343. The second-order valence-electron chi connectivity index (χ2n) is 4.64. The van der Waals surface area contributed by atoms with E-state index in [1.54, 1.807) is 12.1 Å². The number of benzene rings is 1. The minimum Gasteiger partial charge on any atom is -0.478 e. The highest BCUT2D eigenvalue weighted by atomic mass is 16.4. The van der Waals surface area contributed by atoms with Gasteiger partial charge >= 0.3 is 5.97 Å². The Bertz CT molecular complexity index is 452. The number of rotatable bonds is 5. The molecule has 2 N–H and O–H groups in total. The van der Waals surface area contributed by atoms with Gasteiger partial charge in [0.05, 0.1) is 5.56 Å². The van der Waals surface area contributed by atoms with E-state index in [2.05, 4.69) is 11.4 Å². The Morgan fingerprint density at radius 1 is 1.28 bits per heavy atom. The highest BCUT2D eigenvalue weighted by Gasteiger charge is 2.08. The molecule has 2 rings (SSSR count). The minimum atomic E-state index is -0.880. The number of aromatic carboxylic acids is 1. The summed E-state index contributed by atoms with van der Waals surface area (Å²) in [5, 5.41) is 12.3. The van der Waals surface area contributed by atoms with Gasteiger partial charge in [0.15, 0.2) is 0 Å². The lowest BCUT2D eigenvalue weighted by molar-refractivity contribution is 0.0698. The van der Waals surface area contributed by atoms with E-state index in [9.17, 15) is 4.79 Å². The van der Waals surface area contributed by atoms with E-state index in [-0.39, 0.29) is 0 Å². The topological polar surface area (TPSA) is 49.3 Å². The van der Waals surface area contributed by atoms with Crippen LogP contribution in [0.2, 0.25) is 0 Å². The predicted molar refractivity (Wildman–Crippen MR) is 73.1 cm³/mol. The lowest BCUT2D eigenvalue weighted by Gasteiger charge is -2.14. The summed E-state index contributed by atoms with van der Waals surface area (Å²) in [6.07, 6.45) is 8.32. The summed E-state index contributed by atoms with van der Waals surface area (Å²) in [4.78, 5) is 11.0. The predicted octanol–water partition coefficient (Wildman–Crippen LogP) is 3.69. The van der Waals surface area contributed by atoms with Crippen LogP contribution in [-0.2, 0) is 0 Å². The second kappa shape index (κ2) is 6.24. The summed E-state index contributed by atoms with van der Waals surface area (Å²) in [6.45, 7) is 0.802. The van der Waals surface area contributed by atoms with Gasteiger partial charge in [-0.2, -0.15) is 0 Å². The zero-order chi connectivity index (χ0) is 12.8. The number of anilines is 1. The summed E-state index contributed by atoms with van der Waals surface area (Å²) in [5.41, 5.74) is 2.55. The van der Waals surface area contributed by atoms with Crippen LogP contribution in [0.4, 0.5) is 5.69 Å². The van der Waals surface area contributed by atoms with Crippen molar-refractivity contribution in [1.82, 2.24) is 0 Å². The number of para-hydroxylation sites is 1. The van der Waals surface area contributed by atoms with Crippen LogP contribution in [0.5, 0.6) is 0 Å². The third-order valence-electron chi connectivity index (χ3n) is 3.30. The SMILES string of the molecule is O=C(O)c1ccccc1NCCC1=CCCCC1. The fraction of sp³-hybridized carbons (Fsp3) is 0.400. The lowest BCUT2D eigenvalue weighted by Crippen LogP contribution is -2.08. The van der Waals surface area contributed by atoms with Crippen LogP contribution in [0, 0.1) is 0 Å². The van der Waals surface area contributed by atoms with Gasteiger partial charge in [-0.25, -0.2) is 4.79 Å². The average molecular weight is 245 g/mol. The number of nitrogens with one attached hydrogen (secondary N) is 1. The number of carbonyl (C=O) groups is 1. The van der Waals surface area contributed by atoms with Crippen LogP contribution >= 0.6 is 0 Å². The van der Waals surface area contributed by atoms with Gasteiger partial charge in [0.25, 0.3) is 0 Å². The average Bonchev–Trinajstić information content (AvgIpc) is 2.40. The molecule has 1 aliphatic rings. The largest absolute Gasteiger partial charge is 0.478 e. The van der Waals surface area contributed by atoms with Gasteiger partial charge in [-0.1, -0.05) is 23.8 Å². The van der Waals surface area contributed by atoms with Crippen molar-refractivity contribution in [1.29, 1.82) is 0 Å². The van der Waals surface area contributed by atoms with Gasteiger partial charge in [0.2, 0.25) is 0 Å². The molecule has 3 heteroatoms. The molecule has 1 aromatic carbocycles. The Kier molecular flexibility index (Phi) is 4.40. The molecule has 0 aromatic heterocycles. The Balaban J connectivity index is 1.90. The Hall–Kier alpha value is -1.77. The van der Waals surface area contributed by atoms with Crippen molar-refractivity contribution in [3.8, 4) is 0 Å². The molecule has 1 aliphatic carbocycles. The van der Waals surface area contributed by atoms with E-state index in [1.165, 1.54) is 31.3 Å². The maximum atomic E-state index is 11.0. The van der Waals surface area contributed by atoms with Crippen molar-refractivity contribution < 1.29 is 9.90 Å². The molecular formula is C15H19NO2. The van der Waals surface area contributed by atoms with Crippen LogP contribution in [0.15, 0.2) is 35.9 Å². The van der Waals surface area contributed by atoms with Crippen molar-refractivity contribution in [2.45, 2.75) is 32.1 Å². The highest BCUT2D eigenvalue weighted by molar-refractivity contribution is 5.94. The van der Waals surface area contributed by atoms with Crippen LogP contribution in [0.3, 0.4) is 0 Å². The molecule has 0 amide bonds. The van der Waals surface area contributed by atoms with E-state index >= 15 is 0 Å². The van der Waals surface area contributed by atoms with Gasteiger partial charge in [-0.3, -0.25) is 0 Å². The summed E-state index contributed by atoms with van der Waals surface area (Å²) >= 11 is 0. The smallest absolute Gasteiger partial charge is 0.337 e. The van der Waals surface area contributed by atoms with Gasteiger partial charge < -0.3 is 10.4 Å². The zero-order valence-electron chi connectivity index (χ0n) is 10.5. The molecule has 96 valence electrons. The van der Waals surface area contributed by atoms with Gasteiger partial charge in [-0.15, -0.1) is 0 Å². The van der Waals surface area contributed by atoms with Gasteiger partial charge in [-0.05, 0) is 44.2 Å². The van der Waals surface area contributed by atoms with Crippen molar-refractivity contribution >= 4 is 11.7 Å². The summed E-state index contributed by atoms with van der Waals surface area (Å²) < 4.78 is 0. The Morgan fingerprint density at radius 3 is 2.83 bits per heavy atom. The molecule has 0 atom stereocenters. The fourth-order valence-electron chi connectivity index (χ4n) is 2.31. The number of carboxylic acid groups (broad SMARTS) is 1. The van der Waals surface area contributed by atoms with E-state index in [4.69, 9.17) is 5.11 Å². The molecule has 0 bridgehead atoms. The molecule has 0 radical (unpaired) electrons. The molecule has 0 aliphatic heterocycles. The first kappa shape index (κ1) is 12.7. The van der Waals surface area contributed by atoms with Crippen LogP contribution < -0.4 is 5.32 Å². The van der Waals surface area contributed by atoms with Crippen molar-refractivity contribution in [3.63, 3.8) is 0 Å². The summed E-state index contributed by atoms with van der Waals surface area (Å²) in [5.74, 6) is -0.880. The molecule has 0 spiro atoms. The molecule has 0 unspecified atom stereocenters. The highest BCUT2D eigenvalue weighted by Crippen LogP contribution is 2.21. The first-order valence-electron chi connectivity index (χ1n) is 6.51. The third kappa shape index (κ3) is 3.36. The van der Waals surface area contributed by atoms with Crippen molar-refractivity contribution in [2.24, 2.45) is 0 Å². The van der Waals surface area contributed by atoms with Gasteiger partial charge in [0, 0.05) is 12.2 Å². The molecule has 0 heterocycles. The quantitative estimate of drug-likeness (QED) is 0.778. The first-order valence-corrected chi connectivity index (χ1v) is 6.51. The van der Waals surface area contributed by atoms with Crippen LogP contribution in [0.25, 0.3) is 0 Å². The fourth-order valence-corrected chi connectivity index (χ4v) is 2.31. The maximum Gasteiger partial charge on any atom is 0.337 e. The van der Waals surface area contributed by atoms with Crippen LogP contribution in [-0.4, -0.2) is 17.6 Å². The summed E-state index contributed by atoms with van der Waals surface area (Å²) in [7, 11) is 0.